The lowest BCUT2D eigenvalue weighted by atomic mass is 10.0. The average Bonchev–Trinajstić information content (AvgIpc) is 3.23. The van der Waals surface area contributed by atoms with Gasteiger partial charge in [0.25, 0.3) is 0 Å². The zero-order valence-electron chi connectivity index (χ0n) is 15.1. The lowest BCUT2D eigenvalue weighted by Crippen LogP contribution is -2.43. The number of rotatable bonds is 5. The maximum Gasteiger partial charge on any atom is 0.250 e. The molecule has 2 saturated heterocycles. The summed E-state index contributed by atoms with van der Waals surface area (Å²) >= 11 is 0. The van der Waals surface area contributed by atoms with Gasteiger partial charge in [0, 0.05) is 6.42 Å². The van der Waals surface area contributed by atoms with E-state index >= 15 is 0 Å². The fraction of sp³-hybridized carbons (Fsp3) is 0.684. The lowest BCUT2D eigenvalue weighted by Gasteiger charge is -2.36. The third kappa shape index (κ3) is 4.17. The minimum atomic E-state index is -1.75. The highest BCUT2D eigenvalue weighted by Gasteiger charge is 2.44. The Morgan fingerprint density at radius 2 is 1.83 bits per heavy atom. The molecular formula is C19H30O3Si. The van der Waals surface area contributed by atoms with E-state index in [2.05, 4.69) is 58.1 Å². The van der Waals surface area contributed by atoms with Gasteiger partial charge in [0.2, 0.25) is 8.32 Å². The van der Waals surface area contributed by atoms with E-state index in [9.17, 15) is 0 Å². The molecule has 23 heavy (non-hydrogen) atoms. The predicted octanol–water partition coefficient (Wildman–Crippen LogP) is 4.56. The Balaban J connectivity index is 1.50. The maximum absolute atomic E-state index is 6.33. The highest BCUT2D eigenvalue weighted by Crippen LogP contribution is 2.37. The van der Waals surface area contributed by atoms with Gasteiger partial charge in [-0.25, -0.2) is 0 Å². The van der Waals surface area contributed by atoms with E-state index in [0.717, 1.165) is 31.6 Å². The van der Waals surface area contributed by atoms with E-state index in [-0.39, 0.29) is 5.04 Å². The number of hydrogen-bond acceptors (Lipinski definition) is 3. The van der Waals surface area contributed by atoms with Gasteiger partial charge in [-0.05, 0) is 48.7 Å². The summed E-state index contributed by atoms with van der Waals surface area (Å²) in [6.45, 7) is 12.2. The van der Waals surface area contributed by atoms with Crippen molar-refractivity contribution in [1.82, 2.24) is 0 Å². The van der Waals surface area contributed by atoms with Crippen LogP contribution in [0.3, 0.4) is 0 Å². The van der Waals surface area contributed by atoms with Crippen molar-refractivity contribution < 1.29 is 13.9 Å². The molecule has 0 unspecified atom stereocenters. The fourth-order valence-corrected chi connectivity index (χ4v) is 3.82. The van der Waals surface area contributed by atoms with Gasteiger partial charge < -0.3 is 13.9 Å². The smallest absolute Gasteiger partial charge is 0.250 e. The van der Waals surface area contributed by atoms with Crippen molar-refractivity contribution in [2.75, 3.05) is 6.61 Å². The third-order valence-electron chi connectivity index (χ3n) is 5.54. The van der Waals surface area contributed by atoms with E-state index in [4.69, 9.17) is 13.9 Å². The quantitative estimate of drug-likeness (QED) is 0.584. The molecule has 1 aromatic carbocycles. The summed E-state index contributed by atoms with van der Waals surface area (Å²) in [6, 6.07) is 8.64. The number of hydrogen-bond donors (Lipinski definition) is 0. The van der Waals surface area contributed by atoms with Crippen LogP contribution in [0.4, 0.5) is 0 Å². The standard InChI is InChI=1S/C19H30O3Si/c1-19(2,3)23(4,5)22-15-9-6-14(7-10-15)8-11-16-12-17-18(21-17)13-20-16/h6-7,9-10,16-18H,8,11-13H2,1-5H3/t16-,17+,18-/m0/s1. The van der Waals surface area contributed by atoms with Crippen LogP contribution in [-0.2, 0) is 15.9 Å². The molecule has 4 heteroatoms. The van der Waals surface area contributed by atoms with Gasteiger partial charge in [-0.2, -0.15) is 0 Å². The molecule has 0 spiro atoms. The fourth-order valence-electron chi connectivity index (χ4n) is 2.79. The molecule has 1 aromatic rings. The van der Waals surface area contributed by atoms with Gasteiger partial charge in [0.15, 0.2) is 0 Å². The third-order valence-corrected chi connectivity index (χ3v) is 9.89. The van der Waals surface area contributed by atoms with E-state index in [1.807, 2.05) is 0 Å². The molecule has 2 aliphatic rings. The summed E-state index contributed by atoms with van der Waals surface area (Å²) in [4.78, 5) is 0. The van der Waals surface area contributed by atoms with Crippen LogP contribution in [0.5, 0.6) is 5.75 Å². The monoisotopic (exact) mass is 334 g/mol. The number of ether oxygens (including phenoxy) is 2. The molecule has 0 amide bonds. The lowest BCUT2D eigenvalue weighted by molar-refractivity contribution is 0.0250. The topological polar surface area (TPSA) is 31.0 Å². The van der Waals surface area contributed by atoms with E-state index in [1.165, 1.54) is 5.56 Å². The van der Waals surface area contributed by atoms with Crippen molar-refractivity contribution >= 4 is 8.32 Å². The predicted molar refractivity (Wildman–Crippen MR) is 95.6 cm³/mol. The summed E-state index contributed by atoms with van der Waals surface area (Å²) in [5.74, 6) is 1.00. The summed E-state index contributed by atoms with van der Waals surface area (Å²) in [5.41, 5.74) is 1.36. The molecule has 0 saturated carbocycles. The molecule has 0 bridgehead atoms. The van der Waals surface area contributed by atoms with E-state index in [1.54, 1.807) is 0 Å². The van der Waals surface area contributed by atoms with Gasteiger partial charge >= 0.3 is 0 Å². The summed E-state index contributed by atoms with van der Waals surface area (Å²) in [6.07, 6.45) is 4.45. The first-order chi connectivity index (χ1) is 10.7. The number of benzene rings is 1. The van der Waals surface area contributed by atoms with Gasteiger partial charge in [-0.3, -0.25) is 0 Å². The SMILES string of the molecule is CC(C)(C)[Si](C)(C)Oc1ccc(CC[C@H]2C[C@H]3O[C@H]3CO2)cc1. The minimum absolute atomic E-state index is 0.229. The second-order valence-corrected chi connectivity index (χ2v) is 13.2. The highest BCUT2D eigenvalue weighted by atomic mass is 28.4. The van der Waals surface area contributed by atoms with Crippen LogP contribution >= 0.6 is 0 Å². The van der Waals surface area contributed by atoms with Crippen LogP contribution < -0.4 is 4.43 Å². The average molecular weight is 335 g/mol. The molecule has 0 radical (unpaired) electrons. The molecule has 2 fully saturated rings. The molecule has 3 rings (SSSR count). The van der Waals surface area contributed by atoms with Gasteiger partial charge in [-0.1, -0.05) is 32.9 Å². The second kappa shape index (κ2) is 6.23. The van der Waals surface area contributed by atoms with Crippen LogP contribution in [0.25, 0.3) is 0 Å². The van der Waals surface area contributed by atoms with Crippen molar-refractivity contribution in [3.63, 3.8) is 0 Å². The second-order valence-electron chi connectivity index (χ2n) is 8.45. The van der Waals surface area contributed by atoms with Crippen molar-refractivity contribution in [2.24, 2.45) is 0 Å². The van der Waals surface area contributed by atoms with Gasteiger partial charge in [0.05, 0.1) is 18.8 Å². The number of epoxide rings is 1. The molecule has 128 valence electrons. The Morgan fingerprint density at radius 1 is 1.13 bits per heavy atom. The Hall–Kier alpha value is -0.843. The van der Waals surface area contributed by atoms with Crippen LogP contribution in [0, 0.1) is 0 Å². The normalized spacial score (nSPS) is 27.4. The Morgan fingerprint density at radius 3 is 2.43 bits per heavy atom. The van der Waals surface area contributed by atoms with Crippen LogP contribution in [-0.4, -0.2) is 33.2 Å². The Labute approximate surface area is 141 Å². The molecule has 2 heterocycles. The molecule has 3 nitrogen and oxygen atoms in total. The molecule has 3 atom stereocenters. The molecule has 0 aromatic heterocycles. The van der Waals surface area contributed by atoms with E-state index < -0.39 is 8.32 Å². The summed E-state index contributed by atoms with van der Waals surface area (Å²) in [7, 11) is -1.75. The van der Waals surface area contributed by atoms with Crippen LogP contribution in [0.15, 0.2) is 24.3 Å². The van der Waals surface area contributed by atoms with Crippen molar-refractivity contribution in [3.8, 4) is 5.75 Å². The number of aryl methyl sites for hydroxylation is 1. The molecular weight excluding hydrogens is 304 g/mol. The first-order valence-corrected chi connectivity index (χ1v) is 11.7. The van der Waals surface area contributed by atoms with Crippen molar-refractivity contribution in [1.29, 1.82) is 0 Å². The molecule has 0 N–H and O–H groups in total. The molecule has 0 aliphatic carbocycles. The van der Waals surface area contributed by atoms with Crippen LogP contribution in [0.2, 0.25) is 18.1 Å². The summed E-state index contributed by atoms with van der Waals surface area (Å²) < 4.78 is 17.7. The van der Waals surface area contributed by atoms with E-state index in [0.29, 0.717) is 18.3 Å². The summed E-state index contributed by atoms with van der Waals surface area (Å²) in [5, 5.41) is 0.229. The Bertz CT molecular complexity index is 533. The Kier molecular flexibility index (Phi) is 4.60. The largest absolute Gasteiger partial charge is 0.544 e. The minimum Gasteiger partial charge on any atom is -0.544 e. The molecule has 2 aliphatic heterocycles. The zero-order chi connectivity index (χ0) is 16.7. The first-order valence-electron chi connectivity index (χ1n) is 8.80. The first kappa shape index (κ1) is 17.0. The maximum atomic E-state index is 6.33. The van der Waals surface area contributed by atoms with Crippen molar-refractivity contribution in [2.45, 2.75) is 76.5 Å². The van der Waals surface area contributed by atoms with Gasteiger partial charge in [0.1, 0.15) is 11.9 Å². The van der Waals surface area contributed by atoms with Gasteiger partial charge in [-0.15, -0.1) is 0 Å². The van der Waals surface area contributed by atoms with Crippen molar-refractivity contribution in [3.05, 3.63) is 29.8 Å². The highest BCUT2D eigenvalue weighted by molar-refractivity contribution is 6.74. The van der Waals surface area contributed by atoms with Crippen LogP contribution in [0.1, 0.15) is 39.2 Å². The zero-order valence-corrected chi connectivity index (χ0v) is 16.1. The number of fused-ring (bicyclic) bond motifs is 1.